The average molecular weight is 274 g/mol. The number of benzene rings is 1. The number of nitriles is 1. The van der Waals surface area contributed by atoms with Gasteiger partial charge >= 0.3 is 0 Å². The van der Waals surface area contributed by atoms with E-state index >= 15 is 0 Å². The van der Waals surface area contributed by atoms with Gasteiger partial charge in [-0.15, -0.1) is 0 Å². The number of ether oxygens (including phenoxy) is 1. The van der Waals surface area contributed by atoms with Gasteiger partial charge in [0.2, 0.25) is 0 Å². The number of hydrogen-bond donors (Lipinski definition) is 1. The van der Waals surface area contributed by atoms with Gasteiger partial charge in [0.15, 0.2) is 22.9 Å². The SMILES string of the molecule is COc1c(F)cc(N=C(NC#N)SC)cc1Cl. The first-order valence-electron chi connectivity index (χ1n) is 4.43. The van der Waals surface area contributed by atoms with E-state index in [1.165, 1.54) is 31.0 Å². The van der Waals surface area contributed by atoms with Crippen molar-refractivity contribution < 1.29 is 9.13 Å². The Labute approximate surface area is 107 Å². The number of amidine groups is 1. The van der Waals surface area contributed by atoms with E-state index in [-0.39, 0.29) is 10.8 Å². The molecule has 1 aromatic rings. The molecule has 0 spiro atoms. The molecule has 0 aromatic heterocycles. The van der Waals surface area contributed by atoms with Crippen LogP contribution in [0.3, 0.4) is 0 Å². The molecular weight excluding hydrogens is 265 g/mol. The summed E-state index contributed by atoms with van der Waals surface area (Å²) in [6.07, 6.45) is 3.48. The van der Waals surface area contributed by atoms with Crippen molar-refractivity contribution in [3.05, 3.63) is 23.0 Å². The van der Waals surface area contributed by atoms with E-state index in [9.17, 15) is 4.39 Å². The zero-order valence-electron chi connectivity index (χ0n) is 9.12. The Kier molecular flexibility index (Phi) is 5.07. The molecule has 7 heteroatoms. The number of hydrogen-bond acceptors (Lipinski definition) is 4. The minimum atomic E-state index is -0.601. The third-order valence-electron chi connectivity index (χ3n) is 1.77. The fraction of sp³-hybridized carbons (Fsp3) is 0.200. The van der Waals surface area contributed by atoms with Crippen LogP contribution in [0, 0.1) is 17.3 Å². The maximum Gasteiger partial charge on any atom is 0.183 e. The van der Waals surface area contributed by atoms with E-state index in [0.717, 1.165) is 0 Å². The lowest BCUT2D eigenvalue weighted by atomic mass is 10.3. The highest BCUT2D eigenvalue weighted by Gasteiger charge is 2.10. The molecule has 1 N–H and O–H groups in total. The summed E-state index contributed by atoms with van der Waals surface area (Å²) in [6, 6.07) is 2.64. The van der Waals surface area contributed by atoms with E-state index in [1.54, 1.807) is 12.4 Å². The predicted molar refractivity (Wildman–Crippen MR) is 67.3 cm³/mol. The van der Waals surface area contributed by atoms with Crippen LogP contribution in [-0.4, -0.2) is 18.5 Å². The molecule has 4 nitrogen and oxygen atoms in total. The normalized spacial score (nSPS) is 10.9. The highest BCUT2D eigenvalue weighted by molar-refractivity contribution is 8.13. The Hall–Kier alpha value is -1.45. The van der Waals surface area contributed by atoms with Crippen LogP contribution in [0.15, 0.2) is 17.1 Å². The molecule has 0 saturated heterocycles. The maximum atomic E-state index is 13.5. The van der Waals surface area contributed by atoms with Crippen molar-refractivity contribution in [3.63, 3.8) is 0 Å². The van der Waals surface area contributed by atoms with Crippen molar-refractivity contribution in [2.45, 2.75) is 0 Å². The topological polar surface area (TPSA) is 57.4 Å². The van der Waals surface area contributed by atoms with E-state index in [4.69, 9.17) is 21.6 Å². The van der Waals surface area contributed by atoms with Gasteiger partial charge in [-0.3, -0.25) is 5.32 Å². The first-order chi connectivity index (χ1) is 8.12. The third-order valence-corrected chi connectivity index (χ3v) is 2.63. The van der Waals surface area contributed by atoms with Gasteiger partial charge in [-0.1, -0.05) is 23.4 Å². The van der Waals surface area contributed by atoms with Gasteiger partial charge in [0.05, 0.1) is 17.8 Å². The number of rotatable bonds is 2. The van der Waals surface area contributed by atoms with Gasteiger partial charge in [-0.05, 0) is 12.3 Å². The Morgan fingerprint density at radius 1 is 1.65 bits per heavy atom. The second-order valence-electron chi connectivity index (χ2n) is 2.80. The first kappa shape index (κ1) is 13.6. The molecule has 1 aromatic carbocycles. The summed E-state index contributed by atoms with van der Waals surface area (Å²) in [4.78, 5) is 4.03. The van der Waals surface area contributed by atoms with Crippen molar-refractivity contribution in [1.82, 2.24) is 5.32 Å². The second kappa shape index (κ2) is 6.33. The highest BCUT2D eigenvalue weighted by Crippen LogP contribution is 2.32. The molecule has 1 rings (SSSR count). The fourth-order valence-electron chi connectivity index (χ4n) is 1.10. The lowest BCUT2D eigenvalue weighted by Gasteiger charge is -2.06. The van der Waals surface area contributed by atoms with Gasteiger partial charge in [0.1, 0.15) is 0 Å². The Balaban J connectivity index is 3.13. The smallest absolute Gasteiger partial charge is 0.183 e. The number of thioether (sulfide) groups is 1. The van der Waals surface area contributed by atoms with Crippen LogP contribution in [-0.2, 0) is 0 Å². The predicted octanol–water partition coefficient (Wildman–Crippen LogP) is 2.91. The average Bonchev–Trinajstić information content (AvgIpc) is 2.28. The van der Waals surface area contributed by atoms with Crippen molar-refractivity contribution in [2.24, 2.45) is 4.99 Å². The monoisotopic (exact) mass is 273 g/mol. The van der Waals surface area contributed by atoms with Gasteiger partial charge in [0.25, 0.3) is 0 Å². The summed E-state index contributed by atoms with van der Waals surface area (Å²) in [7, 11) is 1.33. The largest absolute Gasteiger partial charge is 0.492 e. The van der Waals surface area contributed by atoms with E-state index in [1.807, 2.05) is 0 Å². The molecular formula is C10H9ClFN3OS. The van der Waals surface area contributed by atoms with Crippen LogP contribution in [0.1, 0.15) is 0 Å². The standard InChI is InChI=1S/C10H9ClFN3OS/c1-16-9-7(11)3-6(4-8(9)12)15-10(17-2)14-5-13/h3-4H,1-2H3,(H,14,15). The molecule has 0 aliphatic heterocycles. The summed E-state index contributed by atoms with van der Waals surface area (Å²) in [5.74, 6) is -0.624. The van der Waals surface area contributed by atoms with Gasteiger partial charge in [0, 0.05) is 6.07 Å². The van der Waals surface area contributed by atoms with Crippen molar-refractivity contribution in [3.8, 4) is 11.9 Å². The third kappa shape index (κ3) is 3.51. The number of methoxy groups -OCH3 is 1. The fourth-order valence-corrected chi connectivity index (χ4v) is 1.72. The first-order valence-corrected chi connectivity index (χ1v) is 6.03. The molecule has 0 radical (unpaired) electrons. The van der Waals surface area contributed by atoms with E-state index < -0.39 is 5.82 Å². The lowest BCUT2D eigenvalue weighted by Crippen LogP contribution is -2.12. The molecule has 0 unspecified atom stereocenters. The highest BCUT2D eigenvalue weighted by atomic mass is 35.5. The number of nitrogens with zero attached hydrogens (tertiary/aromatic N) is 2. The van der Waals surface area contributed by atoms with Crippen LogP contribution in [0.2, 0.25) is 5.02 Å². The van der Waals surface area contributed by atoms with Crippen LogP contribution < -0.4 is 10.1 Å². The zero-order valence-corrected chi connectivity index (χ0v) is 10.7. The molecule has 0 aliphatic carbocycles. The molecule has 0 aliphatic rings. The summed E-state index contributed by atoms with van der Waals surface area (Å²) in [5, 5.41) is 11.3. The summed E-state index contributed by atoms with van der Waals surface area (Å²) < 4.78 is 18.3. The minimum absolute atomic E-state index is 0.0236. The molecule has 0 amide bonds. The zero-order chi connectivity index (χ0) is 12.8. The Morgan fingerprint density at radius 2 is 2.35 bits per heavy atom. The molecule has 90 valence electrons. The van der Waals surface area contributed by atoms with Crippen LogP contribution in [0.4, 0.5) is 10.1 Å². The lowest BCUT2D eigenvalue weighted by molar-refractivity contribution is 0.387. The van der Waals surface area contributed by atoms with Gasteiger partial charge in [-0.2, -0.15) is 5.26 Å². The molecule has 0 bridgehead atoms. The van der Waals surface area contributed by atoms with Crippen LogP contribution in [0.25, 0.3) is 0 Å². The molecule has 0 fully saturated rings. The number of nitrogens with one attached hydrogen (secondary N) is 1. The van der Waals surface area contributed by atoms with E-state index in [0.29, 0.717) is 10.9 Å². The maximum absolute atomic E-state index is 13.5. The summed E-state index contributed by atoms with van der Waals surface area (Å²) in [6.45, 7) is 0. The Morgan fingerprint density at radius 3 is 2.82 bits per heavy atom. The van der Waals surface area contributed by atoms with E-state index in [2.05, 4.69) is 10.3 Å². The van der Waals surface area contributed by atoms with Crippen molar-refractivity contribution in [2.75, 3.05) is 13.4 Å². The molecule has 0 saturated carbocycles. The molecule has 17 heavy (non-hydrogen) atoms. The second-order valence-corrected chi connectivity index (χ2v) is 4.00. The molecule has 0 heterocycles. The number of halogens is 2. The Bertz CT molecular complexity index is 464. The van der Waals surface area contributed by atoms with Gasteiger partial charge < -0.3 is 4.74 Å². The van der Waals surface area contributed by atoms with Crippen LogP contribution in [0.5, 0.6) is 5.75 Å². The van der Waals surface area contributed by atoms with Crippen LogP contribution >= 0.6 is 23.4 Å². The molecule has 0 atom stereocenters. The summed E-state index contributed by atoms with van der Waals surface area (Å²) in [5.41, 5.74) is 0.306. The van der Waals surface area contributed by atoms with Crippen molar-refractivity contribution in [1.29, 1.82) is 5.26 Å². The quantitative estimate of drug-likeness (QED) is 0.390. The number of aliphatic imine (C=N–C) groups is 1. The summed E-state index contributed by atoms with van der Waals surface area (Å²) >= 11 is 7.04. The van der Waals surface area contributed by atoms with Gasteiger partial charge in [-0.25, -0.2) is 9.38 Å². The van der Waals surface area contributed by atoms with Crippen molar-refractivity contribution >= 4 is 34.2 Å². The minimum Gasteiger partial charge on any atom is -0.492 e.